The summed E-state index contributed by atoms with van der Waals surface area (Å²) < 4.78 is 26.9. The first-order valence-electron chi connectivity index (χ1n) is 6.00. The monoisotopic (exact) mass is 290 g/mol. The number of aliphatic hydroxyl groups excluding tert-OH is 1. The molecule has 0 saturated carbocycles. The molecule has 3 unspecified atom stereocenters. The quantitative estimate of drug-likeness (QED) is 0.918. The smallest absolute Gasteiger partial charge is 0.164 e. The van der Waals surface area contributed by atoms with Gasteiger partial charge < -0.3 is 5.11 Å². The van der Waals surface area contributed by atoms with Crippen LogP contribution in [-0.2, 0) is 0 Å². The van der Waals surface area contributed by atoms with Crippen LogP contribution in [0.2, 0.25) is 0 Å². The Morgan fingerprint density at radius 1 is 1.33 bits per heavy atom. The van der Waals surface area contributed by atoms with E-state index in [2.05, 4.69) is 6.92 Å². The molecule has 0 spiro atoms. The van der Waals surface area contributed by atoms with Gasteiger partial charge in [-0.1, -0.05) is 19.1 Å². The fourth-order valence-corrected chi connectivity index (χ4v) is 5.28. The van der Waals surface area contributed by atoms with E-state index in [1.807, 2.05) is 11.8 Å². The predicted octanol–water partition coefficient (Wildman–Crippen LogP) is 3.63. The Labute approximate surface area is 114 Å². The van der Waals surface area contributed by atoms with Crippen LogP contribution in [0.25, 0.3) is 0 Å². The van der Waals surface area contributed by atoms with Crippen molar-refractivity contribution in [2.24, 2.45) is 0 Å². The lowest BCUT2D eigenvalue weighted by Crippen LogP contribution is -2.31. The highest BCUT2D eigenvalue weighted by atomic mass is 32.2. The molecule has 0 aromatic heterocycles. The molecule has 0 aliphatic carbocycles. The van der Waals surface area contributed by atoms with Gasteiger partial charge in [-0.2, -0.15) is 23.5 Å². The van der Waals surface area contributed by atoms with Gasteiger partial charge in [0.2, 0.25) is 0 Å². The highest BCUT2D eigenvalue weighted by Gasteiger charge is 2.33. The molecule has 5 heteroatoms. The molecular formula is C13H16F2OS2. The standard InChI is InChI=1S/C13H16F2OS2/c1-2-10-13(18-7-6-17-10)12(16)8-4-3-5-9(14)11(8)15/h3-5,10,12-13,16H,2,6-7H2,1H3. The maximum atomic E-state index is 13.7. The molecule has 3 atom stereocenters. The number of halogens is 2. The third-order valence-electron chi connectivity index (χ3n) is 3.11. The molecule has 1 fully saturated rings. The van der Waals surface area contributed by atoms with Crippen LogP contribution in [0, 0.1) is 11.6 Å². The van der Waals surface area contributed by atoms with Crippen molar-refractivity contribution in [3.8, 4) is 0 Å². The summed E-state index contributed by atoms with van der Waals surface area (Å²) in [5.41, 5.74) is 0.0773. The first-order chi connectivity index (χ1) is 8.65. The van der Waals surface area contributed by atoms with Crippen LogP contribution >= 0.6 is 23.5 Å². The van der Waals surface area contributed by atoms with Crippen LogP contribution in [0.5, 0.6) is 0 Å². The third kappa shape index (κ3) is 2.83. The van der Waals surface area contributed by atoms with Crippen molar-refractivity contribution >= 4 is 23.5 Å². The van der Waals surface area contributed by atoms with E-state index in [4.69, 9.17) is 0 Å². The Hall–Kier alpha value is -0.260. The zero-order valence-electron chi connectivity index (χ0n) is 10.1. The van der Waals surface area contributed by atoms with Crippen LogP contribution in [0.3, 0.4) is 0 Å². The summed E-state index contributed by atoms with van der Waals surface area (Å²) in [6, 6.07) is 3.99. The second kappa shape index (κ2) is 6.26. The Bertz CT molecular complexity index is 414. The van der Waals surface area contributed by atoms with Crippen molar-refractivity contribution in [2.45, 2.75) is 29.9 Å². The van der Waals surface area contributed by atoms with E-state index >= 15 is 0 Å². The minimum absolute atomic E-state index is 0.0648. The van der Waals surface area contributed by atoms with Crippen LogP contribution in [0.4, 0.5) is 8.78 Å². The molecular weight excluding hydrogens is 274 g/mol. The van der Waals surface area contributed by atoms with Gasteiger partial charge in [-0.3, -0.25) is 0 Å². The van der Waals surface area contributed by atoms with E-state index < -0.39 is 17.7 Å². The normalized spacial score (nSPS) is 26.0. The molecule has 1 heterocycles. The zero-order chi connectivity index (χ0) is 13.1. The lowest BCUT2D eigenvalue weighted by Gasteiger charge is -2.33. The molecule has 1 N–H and O–H groups in total. The fraction of sp³-hybridized carbons (Fsp3) is 0.538. The first-order valence-corrected chi connectivity index (χ1v) is 8.10. The molecule has 1 aromatic carbocycles. The molecule has 1 aromatic rings. The van der Waals surface area contributed by atoms with Gasteiger partial charge >= 0.3 is 0 Å². The average Bonchev–Trinajstić information content (AvgIpc) is 2.41. The van der Waals surface area contributed by atoms with E-state index in [9.17, 15) is 13.9 Å². The SMILES string of the molecule is CCC1SCCSC1C(O)c1cccc(F)c1F. The maximum absolute atomic E-state index is 13.7. The average molecular weight is 290 g/mol. The minimum Gasteiger partial charge on any atom is -0.387 e. The first kappa shape index (κ1) is 14.2. The molecule has 0 bridgehead atoms. The highest BCUT2D eigenvalue weighted by molar-refractivity contribution is 8.07. The van der Waals surface area contributed by atoms with Gasteiger partial charge in [0.25, 0.3) is 0 Å². The molecule has 100 valence electrons. The Kier molecular flexibility index (Phi) is 4.92. The minimum atomic E-state index is -0.941. The lowest BCUT2D eigenvalue weighted by molar-refractivity contribution is 0.166. The van der Waals surface area contributed by atoms with Gasteiger partial charge in [0.15, 0.2) is 11.6 Å². The van der Waals surface area contributed by atoms with Crippen molar-refractivity contribution in [2.75, 3.05) is 11.5 Å². The van der Waals surface area contributed by atoms with Crippen LogP contribution < -0.4 is 0 Å². The van der Waals surface area contributed by atoms with Crippen molar-refractivity contribution in [1.82, 2.24) is 0 Å². The summed E-state index contributed by atoms with van der Waals surface area (Å²) >= 11 is 3.46. The van der Waals surface area contributed by atoms with Crippen LogP contribution in [-0.4, -0.2) is 27.1 Å². The summed E-state index contributed by atoms with van der Waals surface area (Å²) in [6.45, 7) is 2.06. The molecule has 2 rings (SSSR count). The van der Waals surface area contributed by atoms with Gasteiger partial charge in [0.05, 0.1) is 6.10 Å². The van der Waals surface area contributed by atoms with Crippen molar-refractivity contribution in [3.63, 3.8) is 0 Å². The van der Waals surface area contributed by atoms with E-state index in [1.165, 1.54) is 12.1 Å². The van der Waals surface area contributed by atoms with E-state index in [-0.39, 0.29) is 10.8 Å². The Morgan fingerprint density at radius 3 is 2.78 bits per heavy atom. The summed E-state index contributed by atoms with van der Waals surface area (Å²) in [4.78, 5) is 0. The molecule has 1 aliphatic rings. The number of benzene rings is 1. The molecule has 1 nitrogen and oxygen atoms in total. The van der Waals surface area contributed by atoms with E-state index in [0.29, 0.717) is 5.25 Å². The van der Waals surface area contributed by atoms with Crippen molar-refractivity contribution in [1.29, 1.82) is 0 Å². The molecule has 1 saturated heterocycles. The van der Waals surface area contributed by atoms with E-state index in [0.717, 1.165) is 24.0 Å². The summed E-state index contributed by atoms with van der Waals surface area (Å²) in [5, 5.41) is 10.5. The number of hydrogen-bond donors (Lipinski definition) is 1. The van der Waals surface area contributed by atoms with Crippen molar-refractivity contribution in [3.05, 3.63) is 35.4 Å². The molecule has 0 amide bonds. The van der Waals surface area contributed by atoms with Gasteiger partial charge in [-0.05, 0) is 12.5 Å². The predicted molar refractivity (Wildman–Crippen MR) is 74.1 cm³/mol. The zero-order valence-corrected chi connectivity index (χ0v) is 11.7. The number of hydrogen-bond acceptors (Lipinski definition) is 3. The van der Waals surface area contributed by atoms with E-state index in [1.54, 1.807) is 11.8 Å². The number of aliphatic hydroxyl groups is 1. The summed E-state index contributed by atoms with van der Waals surface area (Å²) in [5.74, 6) is 0.182. The van der Waals surface area contributed by atoms with Gasteiger partial charge in [-0.15, -0.1) is 0 Å². The summed E-state index contributed by atoms with van der Waals surface area (Å²) in [7, 11) is 0. The molecule has 18 heavy (non-hydrogen) atoms. The van der Waals surface area contributed by atoms with Crippen molar-refractivity contribution < 1.29 is 13.9 Å². The van der Waals surface area contributed by atoms with Gasteiger partial charge in [0.1, 0.15) is 0 Å². The third-order valence-corrected chi connectivity index (χ3v) is 6.44. The lowest BCUT2D eigenvalue weighted by atomic mass is 10.0. The largest absolute Gasteiger partial charge is 0.387 e. The fourth-order valence-electron chi connectivity index (χ4n) is 2.16. The number of rotatable bonds is 3. The Morgan fingerprint density at radius 2 is 2.06 bits per heavy atom. The summed E-state index contributed by atoms with van der Waals surface area (Å²) in [6.07, 6.45) is -0.0143. The topological polar surface area (TPSA) is 20.2 Å². The maximum Gasteiger partial charge on any atom is 0.164 e. The van der Waals surface area contributed by atoms with Crippen LogP contribution in [0.1, 0.15) is 25.0 Å². The van der Waals surface area contributed by atoms with Crippen LogP contribution in [0.15, 0.2) is 18.2 Å². The second-order valence-electron chi connectivity index (χ2n) is 4.24. The van der Waals surface area contributed by atoms with Gasteiger partial charge in [0, 0.05) is 27.6 Å². The Balaban J connectivity index is 2.23. The number of thioether (sulfide) groups is 2. The van der Waals surface area contributed by atoms with Gasteiger partial charge in [-0.25, -0.2) is 8.78 Å². The highest BCUT2D eigenvalue weighted by Crippen LogP contribution is 2.40. The second-order valence-corrected chi connectivity index (χ2v) is 6.87. The molecule has 0 radical (unpaired) electrons. The molecule has 1 aliphatic heterocycles.